The van der Waals surface area contributed by atoms with Gasteiger partial charge in [0.05, 0.1) is 29.5 Å². The predicted molar refractivity (Wildman–Crippen MR) is 108 cm³/mol. The summed E-state index contributed by atoms with van der Waals surface area (Å²) in [5.74, 6) is -0.273. The zero-order valence-electron chi connectivity index (χ0n) is 16.1. The standard InChI is InChI=1S/C19H25N3O4S2/c1-21(2)28(24,25)16-6-3-5-15(13-16)19(23)20-14-17(18-7-4-12-27-18)22-8-10-26-11-9-22/h3-7,12-13,17H,8-11,14H2,1-2H3,(H,20,23)/p+1/t17-/m1/s1. The van der Waals surface area contributed by atoms with Crippen LogP contribution in [-0.4, -0.2) is 65.6 Å². The van der Waals surface area contributed by atoms with Gasteiger partial charge in [-0.15, -0.1) is 11.3 Å². The molecule has 1 aliphatic heterocycles. The van der Waals surface area contributed by atoms with E-state index in [4.69, 9.17) is 4.74 Å². The van der Waals surface area contributed by atoms with Crippen molar-refractivity contribution in [3.8, 4) is 0 Å². The van der Waals surface area contributed by atoms with E-state index in [1.807, 2.05) is 11.4 Å². The average molecular weight is 425 g/mol. The number of carbonyl (C=O) groups is 1. The van der Waals surface area contributed by atoms with E-state index in [1.165, 1.54) is 36.0 Å². The molecule has 1 atom stereocenters. The molecular formula is C19H26N3O4S2+. The zero-order valence-corrected chi connectivity index (χ0v) is 17.7. The topological polar surface area (TPSA) is 80.2 Å². The number of sulfonamides is 1. The average Bonchev–Trinajstić information content (AvgIpc) is 3.23. The number of quaternary nitrogens is 1. The maximum atomic E-state index is 12.7. The van der Waals surface area contributed by atoms with Crippen LogP contribution in [0.3, 0.4) is 0 Å². The van der Waals surface area contributed by atoms with E-state index < -0.39 is 10.0 Å². The normalized spacial score (nSPS) is 16.8. The van der Waals surface area contributed by atoms with Gasteiger partial charge >= 0.3 is 0 Å². The van der Waals surface area contributed by atoms with E-state index in [1.54, 1.807) is 23.5 Å². The number of nitrogens with zero attached hydrogens (tertiary/aromatic N) is 1. The molecule has 2 N–H and O–H groups in total. The van der Waals surface area contributed by atoms with E-state index in [9.17, 15) is 13.2 Å². The zero-order chi connectivity index (χ0) is 20.1. The summed E-state index contributed by atoms with van der Waals surface area (Å²) in [7, 11) is -0.638. The van der Waals surface area contributed by atoms with Crippen molar-refractivity contribution < 1.29 is 22.8 Å². The Morgan fingerprint density at radius 1 is 1.25 bits per heavy atom. The first kappa shape index (κ1) is 20.9. The quantitative estimate of drug-likeness (QED) is 0.674. The van der Waals surface area contributed by atoms with Crippen LogP contribution in [0, 0.1) is 0 Å². The van der Waals surface area contributed by atoms with Crippen molar-refractivity contribution >= 4 is 27.3 Å². The number of ether oxygens (including phenoxy) is 1. The maximum absolute atomic E-state index is 12.7. The van der Waals surface area contributed by atoms with E-state index in [0.717, 1.165) is 30.6 Å². The first-order chi connectivity index (χ1) is 13.4. The van der Waals surface area contributed by atoms with Crippen LogP contribution in [0.15, 0.2) is 46.7 Å². The fourth-order valence-corrected chi connectivity index (χ4v) is 5.06. The van der Waals surface area contributed by atoms with E-state index >= 15 is 0 Å². The molecule has 3 rings (SSSR count). The summed E-state index contributed by atoms with van der Waals surface area (Å²) in [5, 5.41) is 5.03. The monoisotopic (exact) mass is 424 g/mol. The van der Waals surface area contributed by atoms with Gasteiger partial charge in [-0.2, -0.15) is 0 Å². The summed E-state index contributed by atoms with van der Waals surface area (Å²) in [6.45, 7) is 3.72. The van der Waals surface area contributed by atoms with Crippen molar-refractivity contribution in [1.82, 2.24) is 9.62 Å². The van der Waals surface area contributed by atoms with Crippen LogP contribution in [0.2, 0.25) is 0 Å². The third-order valence-corrected chi connectivity index (χ3v) is 7.65. The van der Waals surface area contributed by atoms with Gasteiger partial charge in [-0.25, -0.2) is 12.7 Å². The van der Waals surface area contributed by atoms with Crippen LogP contribution in [0.5, 0.6) is 0 Å². The van der Waals surface area contributed by atoms with Gasteiger partial charge in [-0.3, -0.25) is 4.79 Å². The van der Waals surface area contributed by atoms with Gasteiger partial charge in [-0.1, -0.05) is 12.1 Å². The van der Waals surface area contributed by atoms with E-state index in [-0.39, 0.29) is 16.8 Å². The second kappa shape index (κ2) is 9.15. The summed E-state index contributed by atoms with van der Waals surface area (Å²) in [6, 6.07) is 10.4. The molecule has 7 nitrogen and oxygen atoms in total. The molecule has 1 aliphatic rings. The number of amides is 1. The Balaban J connectivity index is 1.73. The largest absolute Gasteiger partial charge is 0.370 e. The summed E-state index contributed by atoms with van der Waals surface area (Å²) in [4.78, 5) is 15.4. The van der Waals surface area contributed by atoms with Crippen molar-refractivity contribution in [2.75, 3.05) is 46.9 Å². The number of benzene rings is 1. The number of hydrogen-bond donors (Lipinski definition) is 2. The van der Waals surface area contributed by atoms with E-state index in [2.05, 4.69) is 11.4 Å². The molecule has 9 heteroatoms. The van der Waals surface area contributed by atoms with Gasteiger partial charge in [0.1, 0.15) is 19.1 Å². The number of carbonyl (C=O) groups excluding carboxylic acids is 1. The molecule has 28 heavy (non-hydrogen) atoms. The second-order valence-electron chi connectivity index (χ2n) is 6.86. The van der Waals surface area contributed by atoms with Gasteiger partial charge in [0.2, 0.25) is 10.0 Å². The third kappa shape index (κ3) is 4.79. The Morgan fingerprint density at radius 2 is 2.00 bits per heavy atom. The Kier molecular flexibility index (Phi) is 6.84. The lowest BCUT2D eigenvalue weighted by Crippen LogP contribution is -3.15. The number of morpholine rings is 1. The number of rotatable bonds is 7. The van der Waals surface area contributed by atoms with Crippen LogP contribution in [0.4, 0.5) is 0 Å². The van der Waals surface area contributed by atoms with Gasteiger partial charge in [0.15, 0.2) is 0 Å². The van der Waals surface area contributed by atoms with Crippen molar-refractivity contribution in [1.29, 1.82) is 0 Å². The summed E-state index contributed by atoms with van der Waals surface area (Å²) >= 11 is 1.68. The highest BCUT2D eigenvalue weighted by Crippen LogP contribution is 2.17. The Bertz CT molecular complexity index is 892. The summed E-state index contributed by atoms with van der Waals surface area (Å²) in [5.41, 5.74) is 0.338. The first-order valence-corrected chi connectivity index (χ1v) is 11.5. The fourth-order valence-electron chi connectivity index (χ4n) is 3.22. The molecule has 0 unspecified atom stereocenters. The molecule has 0 aliphatic carbocycles. The van der Waals surface area contributed by atoms with Crippen LogP contribution in [0.1, 0.15) is 21.3 Å². The third-order valence-electron chi connectivity index (χ3n) is 4.86. The lowest BCUT2D eigenvalue weighted by molar-refractivity contribution is -0.937. The van der Waals surface area contributed by atoms with Crippen LogP contribution < -0.4 is 10.2 Å². The smallest absolute Gasteiger partial charge is 0.251 e. The molecule has 1 saturated heterocycles. The van der Waals surface area contributed by atoms with Gasteiger partial charge in [-0.05, 0) is 29.6 Å². The van der Waals surface area contributed by atoms with Gasteiger partial charge < -0.3 is 15.0 Å². The van der Waals surface area contributed by atoms with Crippen LogP contribution in [0.25, 0.3) is 0 Å². The first-order valence-electron chi connectivity index (χ1n) is 9.16. The van der Waals surface area contributed by atoms with Gasteiger partial charge in [0.25, 0.3) is 5.91 Å². The highest BCUT2D eigenvalue weighted by atomic mass is 32.2. The predicted octanol–water partition coefficient (Wildman–Crippen LogP) is 0.385. The lowest BCUT2D eigenvalue weighted by atomic mass is 10.1. The SMILES string of the molecule is CN(C)S(=O)(=O)c1cccc(C(=O)NC[C@H](c2cccs2)[NH+]2CCOCC2)c1. The molecule has 152 valence electrons. The maximum Gasteiger partial charge on any atom is 0.251 e. The highest BCUT2D eigenvalue weighted by Gasteiger charge is 2.28. The molecule has 0 saturated carbocycles. The number of nitrogens with one attached hydrogen (secondary N) is 2. The van der Waals surface area contributed by atoms with Crippen LogP contribution >= 0.6 is 11.3 Å². The Hall–Kier alpha value is -1.78. The minimum atomic E-state index is -3.58. The lowest BCUT2D eigenvalue weighted by Gasteiger charge is -2.31. The summed E-state index contributed by atoms with van der Waals surface area (Å²) < 4.78 is 31.2. The van der Waals surface area contributed by atoms with Crippen molar-refractivity contribution in [2.45, 2.75) is 10.9 Å². The molecule has 0 bridgehead atoms. The number of hydrogen-bond acceptors (Lipinski definition) is 5. The molecule has 2 aromatic rings. The van der Waals surface area contributed by atoms with E-state index in [0.29, 0.717) is 12.1 Å². The molecule has 0 radical (unpaired) electrons. The summed E-state index contributed by atoms with van der Waals surface area (Å²) in [6.07, 6.45) is 0. The molecular weight excluding hydrogens is 398 g/mol. The molecule has 1 fully saturated rings. The Labute approximate surface area is 170 Å². The number of thiophene rings is 1. The molecule has 0 spiro atoms. The fraction of sp³-hybridized carbons (Fsp3) is 0.421. The minimum absolute atomic E-state index is 0.110. The van der Waals surface area contributed by atoms with Crippen molar-refractivity contribution in [3.05, 3.63) is 52.2 Å². The van der Waals surface area contributed by atoms with Crippen LogP contribution in [-0.2, 0) is 14.8 Å². The molecule has 1 amide bonds. The minimum Gasteiger partial charge on any atom is -0.370 e. The molecule has 2 heterocycles. The van der Waals surface area contributed by atoms with Gasteiger partial charge in [0, 0.05) is 19.7 Å². The molecule has 1 aromatic heterocycles. The second-order valence-corrected chi connectivity index (χ2v) is 10.00. The molecule has 1 aromatic carbocycles. The van der Waals surface area contributed by atoms with Crippen molar-refractivity contribution in [3.63, 3.8) is 0 Å². The highest BCUT2D eigenvalue weighted by molar-refractivity contribution is 7.89. The Morgan fingerprint density at radius 3 is 2.64 bits per heavy atom. The van der Waals surface area contributed by atoms with Crippen molar-refractivity contribution in [2.24, 2.45) is 0 Å².